The molecule has 0 bridgehead atoms. The quantitative estimate of drug-likeness (QED) is 0.553. The van der Waals surface area contributed by atoms with Crippen molar-refractivity contribution in [3.05, 3.63) is 76.9 Å². The summed E-state index contributed by atoms with van der Waals surface area (Å²) < 4.78 is 5.25. The molecule has 0 aliphatic carbocycles. The summed E-state index contributed by atoms with van der Waals surface area (Å²) in [6, 6.07) is 17.7. The number of fused-ring (bicyclic) bond motifs is 1. The molecule has 26 heavy (non-hydrogen) atoms. The van der Waals surface area contributed by atoms with E-state index in [-0.39, 0.29) is 5.91 Å². The fraction of sp³-hybridized carbons (Fsp3) is 0.182. The standard InChI is InChI=1S/C22H22N2O2/c1-14-5-10-21(15(2)11-14)22(25)24-23-16(3)17-6-7-19-13-20(26-4)9-8-18(19)12-17/h5-13H,1-4H3,(H,24,25). The molecule has 0 radical (unpaired) electrons. The van der Waals surface area contributed by atoms with E-state index in [1.165, 1.54) is 0 Å². The fourth-order valence-electron chi connectivity index (χ4n) is 2.90. The first-order valence-electron chi connectivity index (χ1n) is 8.48. The van der Waals surface area contributed by atoms with Gasteiger partial charge in [-0.1, -0.05) is 35.9 Å². The minimum atomic E-state index is -0.202. The van der Waals surface area contributed by atoms with Gasteiger partial charge in [0.05, 0.1) is 12.8 Å². The highest BCUT2D eigenvalue weighted by Gasteiger charge is 2.08. The number of hydrogen-bond donors (Lipinski definition) is 1. The van der Waals surface area contributed by atoms with Gasteiger partial charge in [-0.25, -0.2) is 5.43 Å². The van der Waals surface area contributed by atoms with Crippen molar-refractivity contribution in [2.45, 2.75) is 20.8 Å². The van der Waals surface area contributed by atoms with Crippen LogP contribution >= 0.6 is 0 Å². The highest BCUT2D eigenvalue weighted by molar-refractivity contribution is 6.03. The molecule has 0 aliphatic rings. The molecule has 3 aromatic carbocycles. The van der Waals surface area contributed by atoms with Crippen molar-refractivity contribution in [2.75, 3.05) is 7.11 Å². The van der Waals surface area contributed by atoms with Crippen LogP contribution in [0.3, 0.4) is 0 Å². The number of aryl methyl sites for hydroxylation is 2. The van der Waals surface area contributed by atoms with Crippen molar-refractivity contribution in [2.24, 2.45) is 5.10 Å². The molecule has 0 saturated heterocycles. The molecule has 0 spiro atoms. The average molecular weight is 346 g/mol. The number of amides is 1. The molecule has 0 aromatic heterocycles. The molecule has 4 heteroatoms. The summed E-state index contributed by atoms with van der Waals surface area (Å²) in [5.41, 5.74) is 7.07. The van der Waals surface area contributed by atoms with Crippen LogP contribution in [0.1, 0.15) is 34.0 Å². The van der Waals surface area contributed by atoms with E-state index in [1.54, 1.807) is 7.11 Å². The molecule has 0 heterocycles. The number of hydrazone groups is 1. The van der Waals surface area contributed by atoms with Gasteiger partial charge in [-0.15, -0.1) is 0 Å². The number of hydrogen-bond acceptors (Lipinski definition) is 3. The Morgan fingerprint density at radius 1 is 0.962 bits per heavy atom. The smallest absolute Gasteiger partial charge is 0.271 e. The number of nitrogens with one attached hydrogen (secondary N) is 1. The lowest BCUT2D eigenvalue weighted by Crippen LogP contribution is -2.20. The molecule has 3 rings (SSSR count). The molecule has 0 unspecified atom stereocenters. The topological polar surface area (TPSA) is 50.7 Å². The second kappa shape index (κ2) is 7.40. The zero-order valence-electron chi connectivity index (χ0n) is 15.5. The van der Waals surface area contributed by atoms with Gasteiger partial charge >= 0.3 is 0 Å². The van der Waals surface area contributed by atoms with Crippen LogP contribution in [0, 0.1) is 13.8 Å². The molecule has 0 atom stereocenters. The maximum Gasteiger partial charge on any atom is 0.271 e. The third kappa shape index (κ3) is 3.75. The summed E-state index contributed by atoms with van der Waals surface area (Å²) in [5, 5.41) is 6.46. The first-order valence-corrected chi connectivity index (χ1v) is 8.48. The minimum absolute atomic E-state index is 0.202. The summed E-state index contributed by atoms with van der Waals surface area (Å²) in [7, 11) is 1.66. The molecule has 0 aliphatic heterocycles. The normalized spacial score (nSPS) is 11.5. The van der Waals surface area contributed by atoms with Crippen LogP contribution in [0.5, 0.6) is 5.75 Å². The lowest BCUT2D eigenvalue weighted by atomic mass is 10.0. The van der Waals surface area contributed by atoms with Crippen LogP contribution in [0.2, 0.25) is 0 Å². The van der Waals surface area contributed by atoms with Gasteiger partial charge in [0, 0.05) is 5.56 Å². The molecular weight excluding hydrogens is 324 g/mol. The van der Waals surface area contributed by atoms with Gasteiger partial charge in [0.1, 0.15) is 5.75 Å². The van der Waals surface area contributed by atoms with Crippen LogP contribution in [0.25, 0.3) is 10.8 Å². The number of methoxy groups -OCH3 is 1. The summed E-state index contributed by atoms with van der Waals surface area (Å²) in [6.07, 6.45) is 0. The van der Waals surface area contributed by atoms with Gasteiger partial charge in [-0.2, -0.15) is 5.10 Å². The number of carbonyl (C=O) groups is 1. The van der Waals surface area contributed by atoms with Crippen molar-refractivity contribution in [3.63, 3.8) is 0 Å². The summed E-state index contributed by atoms with van der Waals surface area (Å²) in [5.74, 6) is 0.628. The van der Waals surface area contributed by atoms with Crippen LogP contribution < -0.4 is 10.2 Å². The minimum Gasteiger partial charge on any atom is -0.497 e. The van der Waals surface area contributed by atoms with Crippen LogP contribution in [0.15, 0.2) is 59.7 Å². The molecular formula is C22H22N2O2. The first-order chi connectivity index (χ1) is 12.5. The summed E-state index contributed by atoms with van der Waals surface area (Å²) in [6.45, 7) is 5.81. The van der Waals surface area contributed by atoms with Crippen molar-refractivity contribution >= 4 is 22.4 Å². The van der Waals surface area contributed by atoms with Crippen molar-refractivity contribution in [1.29, 1.82) is 0 Å². The third-order valence-electron chi connectivity index (χ3n) is 4.42. The monoisotopic (exact) mass is 346 g/mol. The van der Waals surface area contributed by atoms with E-state index >= 15 is 0 Å². The summed E-state index contributed by atoms with van der Waals surface area (Å²) >= 11 is 0. The SMILES string of the molecule is COc1ccc2cc(C(C)=NNC(=O)c3ccc(C)cc3C)ccc2c1. The van der Waals surface area contributed by atoms with Gasteiger partial charge in [-0.05, 0) is 66.9 Å². The van der Waals surface area contributed by atoms with Gasteiger partial charge in [-0.3, -0.25) is 4.79 Å². The van der Waals surface area contributed by atoms with E-state index in [0.29, 0.717) is 5.56 Å². The third-order valence-corrected chi connectivity index (χ3v) is 4.42. The number of ether oxygens (including phenoxy) is 1. The first kappa shape index (κ1) is 17.7. The Bertz CT molecular complexity index is 1010. The fourth-order valence-corrected chi connectivity index (χ4v) is 2.90. The Morgan fingerprint density at radius 3 is 2.42 bits per heavy atom. The molecule has 132 valence electrons. The van der Waals surface area contributed by atoms with E-state index in [9.17, 15) is 4.79 Å². The Morgan fingerprint density at radius 2 is 1.69 bits per heavy atom. The predicted octanol–water partition coefficient (Wildman–Crippen LogP) is 4.62. The number of benzene rings is 3. The second-order valence-electron chi connectivity index (χ2n) is 6.38. The molecule has 0 fully saturated rings. The summed E-state index contributed by atoms with van der Waals surface area (Å²) in [4.78, 5) is 12.4. The molecule has 3 aromatic rings. The largest absolute Gasteiger partial charge is 0.497 e. The van der Waals surface area contributed by atoms with E-state index < -0.39 is 0 Å². The van der Waals surface area contributed by atoms with Crippen LogP contribution in [0.4, 0.5) is 0 Å². The highest BCUT2D eigenvalue weighted by atomic mass is 16.5. The molecule has 4 nitrogen and oxygen atoms in total. The van der Waals surface area contributed by atoms with Crippen LogP contribution in [-0.4, -0.2) is 18.7 Å². The number of nitrogens with zero attached hydrogens (tertiary/aromatic N) is 1. The van der Waals surface area contributed by atoms with Gasteiger partial charge < -0.3 is 4.74 Å². The Kier molecular flexibility index (Phi) is 5.03. The average Bonchev–Trinajstić information content (AvgIpc) is 2.64. The maximum atomic E-state index is 12.4. The van der Waals surface area contributed by atoms with E-state index in [1.807, 2.05) is 69.3 Å². The van der Waals surface area contributed by atoms with E-state index in [2.05, 4.69) is 16.6 Å². The zero-order valence-corrected chi connectivity index (χ0v) is 15.5. The lowest BCUT2D eigenvalue weighted by molar-refractivity contribution is 0.0954. The lowest BCUT2D eigenvalue weighted by Gasteiger charge is -2.08. The van der Waals surface area contributed by atoms with Gasteiger partial charge in [0.15, 0.2) is 0 Å². The molecule has 1 N–H and O–H groups in total. The zero-order chi connectivity index (χ0) is 18.7. The van der Waals surface area contributed by atoms with Gasteiger partial charge in [0.2, 0.25) is 0 Å². The van der Waals surface area contributed by atoms with E-state index in [4.69, 9.17) is 4.74 Å². The second-order valence-corrected chi connectivity index (χ2v) is 6.38. The van der Waals surface area contributed by atoms with Gasteiger partial charge in [0.25, 0.3) is 5.91 Å². The van der Waals surface area contributed by atoms with Crippen molar-refractivity contribution in [1.82, 2.24) is 5.43 Å². The molecule has 0 saturated carbocycles. The number of rotatable bonds is 4. The molecule has 1 amide bonds. The Labute approximate surface area is 153 Å². The Hall–Kier alpha value is -3.14. The predicted molar refractivity (Wildman–Crippen MR) is 106 cm³/mol. The van der Waals surface area contributed by atoms with E-state index in [0.717, 1.165) is 38.9 Å². The number of carbonyl (C=O) groups excluding carboxylic acids is 1. The highest BCUT2D eigenvalue weighted by Crippen LogP contribution is 2.22. The van der Waals surface area contributed by atoms with Crippen molar-refractivity contribution in [3.8, 4) is 5.75 Å². The maximum absolute atomic E-state index is 12.4. The van der Waals surface area contributed by atoms with Crippen molar-refractivity contribution < 1.29 is 9.53 Å². The van der Waals surface area contributed by atoms with Crippen LogP contribution in [-0.2, 0) is 0 Å². The Balaban J connectivity index is 1.80.